The molecule has 3 rings (SSSR count). The van der Waals surface area contributed by atoms with E-state index >= 15 is 0 Å². The first-order chi connectivity index (χ1) is 14.9. The predicted molar refractivity (Wildman–Crippen MR) is 107 cm³/mol. The number of nitrogens with zero attached hydrogens (tertiary/aromatic N) is 1. The van der Waals surface area contributed by atoms with Gasteiger partial charge < -0.3 is 9.47 Å². The molecule has 0 spiro atoms. The fourth-order valence-corrected chi connectivity index (χ4v) is 3.10. The van der Waals surface area contributed by atoms with E-state index in [-0.39, 0.29) is 24.9 Å². The minimum atomic E-state index is -0.787. The SMILES string of the molecule is COc1ccccc1C(=O)NC(=O)COC(=O)CCCN1C(=O)c2ccccc2C1=O. The number of para-hydroxylation sites is 1. The van der Waals surface area contributed by atoms with Crippen molar-refractivity contribution in [2.45, 2.75) is 12.8 Å². The smallest absolute Gasteiger partial charge is 0.306 e. The lowest BCUT2D eigenvalue weighted by molar-refractivity contribution is -0.148. The first-order valence-corrected chi connectivity index (χ1v) is 9.50. The molecule has 2 aromatic rings. The molecule has 9 heteroatoms. The van der Waals surface area contributed by atoms with Crippen LogP contribution in [0, 0.1) is 0 Å². The van der Waals surface area contributed by atoms with Gasteiger partial charge in [0.25, 0.3) is 23.6 Å². The molecule has 0 saturated carbocycles. The number of fused-ring (bicyclic) bond motifs is 1. The molecule has 9 nitrogen and oxygen atoms in total. The Morgan fingerprint density at radius 2 is 1.55 bits per heavy atom. The van der Waals surface area contributed by atoms with Crippen LogP contribution in [-0.4, -0.2) is 54.8 Å². The Labute approximate surface area is 177 Å². The van der Waals surface area contributed by atoms with Crippen LogP contribution in [0.25, 0.3) is 0 Å². The zero-order chi connectivity index (χ0) is 22.4. The Balaban J connectivity index is 1.41. The molecule has 0 bridgehead atoms. The van der Waals surface area contributed by atoms with Crippen molar-refractivity contribution in [1.82, 2.24) is 10.2 Å². The third-order valence-corrected chi connectivity index (χ3v) is 4.61. The maximum Gasteiger partial charge on any atom is 0.306 e. The topological polar surface area (TPSA) is 119 Å². The lowest BCUT2D eigenvalue weighted by Gasteiger charge is -2.13. The summed E-state index contributed by atoms with van der Waals surface area (Å²) >= 11 is 0. The van der Waals surface area contributed by atoms with E-state index in [9.17, 15) is 24.0 Å². The Morgan fingerprint density at radius 1 is 0.935 bits per heavy atom. The highest BCUT2D eigenvalue weighted by atomic mass is 16.5. The van der Waals surface area contributed by atoms with Gasteiger partial charge in [-0.2, -0.15) is 0 Å². The summed E-state index contributed by atoms with van der Waals surface area (Å²) in [5.41, 5.74) is 0.851. The van der Waals surface area contributed by atoms with E-state index in [1.165, 1.54) is 13.2 Å². The second kappa shape index (κ2) is 9.66. The molecule has 31 heavy (non-hydrogen) atoms. The number of esters is 1. The highest BCUT2D eigenvalue weighted by molar-refractivity contribution is 6.21. The predicted octanol–water partition coefficient (Wildman–Crippen LogP) is 1.57. The second-order valence-corrected chi connectivity index (χ2v) is 6.65. The van der Waals surface area contributed by atoms with Crippen molar-refractivity contribution in [3.05, 3.63) is 65.2 Å². The number of carbonyl (C=O) groups is 5. The molecule has 1 aliphatic rings. The molecule has 0 radical (unpaired) electrons. The molecular formula is C22H20N2O7. The monoisotopic (exact) mass is 424 g/mol. The molecule has 0 aliphatic carbocycles. The van der Waals surface area contributed by atoms with Gasteiger partial charge in [-0.15, -0.1) is 0 Å². The van der Waals surface area contributed by atoms with E-state index in [1.54, 1.807) is 42.5 Å². The lowest BCUT2D eigenvalue weighted by atomic mass is 10.1. The molecule has 1 aliphatic heterocycles. The van der Waals surface area contributed by atoms with E-state index in [0.717, 1.165) is 4.90 Å². The zero-order valence-corrected chi connectivity index (χ0v) is 16.8. The number of hydrogen-bond donors (Lipinski definition) is 1. The van der Waals surface area contributed by atoms with Crippen LogP contribution in [-0.2, 0) is 14.3 Å². The summed E-state index contributed by atoms with van der Waals surface area (Å²) in [6.45, 7) is -0.577. The molecule has 0 atom stereocenters. The summed E-state index contributed by atoms with van der Waals surface area (Å²) < 4.78 is 9.91. The van der Waals surface area contributed by atoms with Crippen molar-refractivity contribution in [3.63, 3.8) is 0 Å². The number of amides is 4. The van der Waals surface area contributed by atoms with Crippen molar-refractivity contribution in [3.8, 4) is 5.75 Å². The van der Waals surface area contributed by atoms with Crippen LogP contribution in [0.4, 0.5) is 0 Å². The number of nitrogens with one attached hydrogen (secondary N) is 1. The van der Waals surface area contributed by atoms with E-state index in [1.807, 2.05) is 0 Å². The largest absolute Gasteiger partial charge is 0.496 e. The molecule has 160 valence electrons. The van der Waals surface area contributed by atoms with Gasteiger partial charge in [-0.25, -0.2) is 0 Å². The summed E-state index contributed by atoms with van der Waals surface area (Å²) in [5, 5.41) is 2.12. The molecule has 1 heterocycles. The van der Waals surface area contributed by atoms with Gasteiger partial charge in [0.15, 0.2) is 6.61 Å². The molecule has 0 fully saturated rings. The molecule has 0 saturated heterocycles. The Kier molecular flexibility index (Phi) is 6.76. The fraction of sp³-hybridized carbons (Fsp3) is 0.227. The summed E-state index contributed by atoms with van der Waals surface area (Å²) in [5.74, 6) is -2.64. The van der Waals surface area contributed by atoms with Crippen LogP contribution in [0.1, 0.15) is 43.9 Å². The van der Waals surface area contributed by atoms with Gasteiger partial charge in [0.2, 0.25) is 0 Å². The van der Waals surface area contributed by atoms with Crippen molar-refractivity contribution < 1.29 is 33.4 Å². The van der Waals surface area contributed by atoms with E-state index in [0.29, 0.717) is 16.9 Å². The van der Waals surface area contributed by atoms with Crippen molar-refractivity contribution in [1.29, 1.82) is 0 Å². The van der Waals surface area contributed by atoms with Gasteiger partial charge in [-0.1, -0.05) is 24.3 Å². The third kappa shape index (κ3) is 4.95. The number of benzene rings is 2. The van der Waals surface area contributed by atoms with Crippen LogP contribution in [0.2, 0.25) is 0 Å². The van der Waals surface area contributed by atoms with Crippen LogP contribution in [0.5, 0.6) is 5.75 Å². The van der Waals surface area contributed by atoms with Gasteiger partial charge in [-0.05, 0) is 30.7 Å². The average Bonchev–Trinajstić information content (AvgIpc) is 3.02. The van der Waals surface area contributed by atoms with Crippen LogP contribution in [0.15, 0.2) is 48.5 Å². The Hall–Kier alpha value is -4.01. The number of carbonyl (C=O) groups excluding carboxylic acids is 5. The van der Waals surface area contributed by atoms with Crippen LogP contribution < -0.4 is 10.1 Å². The highest BCUT2D eigenvalue weighted by Gasteiger charge is 2.34. The third-order valence-electron chi connectivity index (χ3n) is 4.61. The van der Waals surface area contributed by atoms with E-state index in [2.05, 4.69) is 5.32 Å². The number of hydrogen-bond acceptors (Lipinski definition) is 7. The molecular weight excluding hydrogens is 404 g/mol. The van der Waals surface area contributed by atoms with E-state index in [4.69, 9.17) is 9.47 Å². The quantitative estimate of drug-likeness (QED) is 0.505. The summed E-state index contributed by atoms with van der Waals surface area (Å²) in [6.07, 6.45) is 0.0905. The molecule has 4 amide bonds. The van der Waals surface area contributed by atoms with Gasteiger partial charge >= 0.3 is 5.97 Å². The first-order valence-electron chi connectivity index (χ1n) is 9.50. The Bertz CT molecular complexity index is 1010. The van der Waals surface area contributed by atoms with E-state index < -0.39 is 36.2 Å². The second-order valence-electron chi connectivity index (χ2n) is 6.65. The van der Waals surface area contributed by atoms with Gasteiger partial charge in [0.05, 0.1) is 23.8 Å². The first kappa shape index (κ1) is 21.7. The molecule has 0 unspecified atom stereocenters. The lowest BCUT2D eigenvalue weighted by Crippen LogP contribution is -2.34. The van der Waals surface area contributed by atoms with Crippen molar-refractivity contribution in [2.75, 3.05) is 20.3 Å². The van der Waals surface area contributed by atoms with Gasteiger partial charge in [-0.3, -0.25) is 34.2 Å². The number of rotatable bonds is 8. The van der Waals surface area contributed by atoms with Crippen molar-refractivity contribution in [2.24, 2.45) is 0 Å². The normalized spacial score (nSPS) is 12.4. The minimum absolute atomic E-state index is 0.0555. The molecule has 2 aromatic carbocycles. The summed E-state index contributed by atoms with van der Waals surface area (Å²) in [4.78, 5) is 61.5. The average molecular weight is 424 g/mol. The van der Waals surface area contributed by atoms with Crippen LogP contribution >= 0.6 is 0 Å². The molecule has 0 aromatic heterocycles. The van der Waals surface area contributed by atoms with Gasteiger partial charge in [0.1, 0.15) is 5.75 Å². The van der Waals surface area contributed by atoms with Crippen LogP contribution in [0.3, 0.4) is 0 Å². The fourth-order valence-electron chi connectivity index (χ4n) is 3.10. The summed E-state index contributed by atoms with van der Waals surface area (Å²) in [7, 11) is 1.40. The maximum absolute atomic E-state index is 12.3. The van der Waals surface area contributed by atoms with Gasteiger partial charge in [0, 0.05) is 13.0 Å². The maximum atomic E-state index is 12.3. The van der Waals surface area contributed by atoms with Crippen molar-refractivity contribution >= 4 is 29.6 Å². The highest BCUT2D eigenvalue weighted by Crippen LogP contribution is 2.22. The summed E-state index contributed by atoms with van der Waals surface area (Å²) in [6, 6.07) is 12.9. The number of methoxy groups -OCH3 is 1. The number of ether oxygens (including phenoxy) is 2. The number of imide groups is 2. The molecule has 1 N–H and O–H groups in total. The standard InChI is InChI=1S/C22H20N2O7/c1-30-17-10-5-4-9-16(17)20(27)23-18(25)13-31-19(26)11-6-12-24-21(28)14-7-2-3-8-15(14)22(24)29/h2-5,7-10H,6,11-13H2,1H3,(H,23,25,27). The Morgan fingerprint density at radius 3 is 2.19 bits per heavy atom. The zero-order valence-electron chi connectivity index (χ0n) is 16.8. The minimum Gasteiger partial charge on any atom is -0.496 e.